The Labute approximate surface area is 158 Å². The van der Waals surface area contributed by atoms with Gasteiger partial charge in [-0.15, -0.1) is 11.3 Å². The van der Waals surface area contributed by atoms with Crippen LogP contribution in [0.4, 0.5) is 5.69 Å². The van der Waals surface area contributed by atoms with Gasteiger partial charge in [-0.05, 0) is 66.3 Å². The molecule has 2 aliphatic rings. The number of anilines is 1. The van der Waals surface area contributed by atoms with Crippen molar-refractivity contribution >= 4 is 28.8 Å². The predicted molar refractivity (Wildman–Crippen MR) is 104 cm³/mol. The van der Waals surface area contributed by atoms with E-state index < -0.39 is 0 Å². The summed E-state index contributed by atoms with van der Waals surface area (Å²) in [6, 6.07) is 7.71. The van der Waals surface area contributed by atoms with Crippen molar-refractivity contribution in [2.45, 2.75) is 39.7 Å². The minimum atomic E-state index is 0.0475. The van der Waals surface area contributed by atoms with Gasteiger partial charge in [0.25, 0.3) is 5.91 Å². The first kappa shape index (κ1) is 17.3. The predicted octanol–water partition coefficient (Wildman–Crippen LogP) is 4.24. The molecule has 4 rings (SSSR count). The van der Waals surface area contributed by atoms with Gasteiger partial charge in [0.1, 0.15) is 0 Å². The van der Waals surface area contributed by atoms with Crippen molar-refractivity contribution < 1.29 is 9.59 Å². The van der Waals surface area contributed by atoms with Crippen LogP contribution in [0.25, 0.3) is 0 Å². The van der Waals surface area contributed by atoms with Gasteiger partial charge in [0.15, 0.2) is 0 Å². The minimum Gasteiger partial charge on any atom is -0.334 e. The number of hydrogen-bond acceptors (Lipinski definition) is 3. The minimum absolute atomic E-state index is 0.0475. The average molecular weight is 369 g/mol. The van der Waals surface area contributed by atoms with E-state index in [9.17, 15) is 9.59 Å². The van der Waals surface area contributed by atoms with Gasteiger partial charge in [-0.3, -0.25) is 9.59 Å². The summed E-state index contributed by atoms with van der Waals surface area (Å²) >= 11 is 1.77. The third kappa shape index (κ3) is 3.40. The maximum absolute atomic E-state index is 13.0. The maximum atomic E-state index is 13.0. The van der Waals surface area contributed by atoms with Gasteiger partial charge in [0, 0.05) is 35.6 Å². The number of nitrogens with zero attached hydrogens (tertiary/aromatic N) is 1. The molecule has 2 heterocycles. The lowest BCUT2D eigenvalue weighted by molar-refractivity contribution is -0.116. The second-order valence-corrected chi connectivity index (χ2v) is 8.55. The van der Waals surface area contributed by atoms with Crippen LogP contribution in [-0.4, -0.2) is 23.3 Å². The zero-order chi connectivity index (χ0) is 18.3. The van der Waals surface area contributed by atoms with Crippen LogP contribution in [0.5, 0.6) is 0 Å². The molecule has 2 aromatic rings. The Balaban J connectivity index is 1.48. The fourth-order valence-electron chi connectivity index (χ4n) is 3.72. The molecule has 2 atom stereocenters. The van der Waals surface area contributed by atoms with Gasteiger partial charge in [0.05, 0.1) is 0 Å². The largest absolute Gasteiger partial charge is 0.334 e. The van der Waals surface area contributed by atoms with Crippen LogP contribution < -0.4 is 5.32 Å². The van der Waals surface area contributed by atoms with Crippen LogP contribution in [-0.2, 0) is 17.8 Å². The molecule has 26 heavy (non-hydrogen) atoms. The lowest BCUT2D eigenvalue weighted by atomic mass is 10.0. The zero-order valence-electron chi connectivity index (χ0n) is 15.2. The van der Waals surface area contributed by atoms with E-state index >= 15 is 0 Å². The fourth-order valence-corrected chi connectivity index (χ4v) is 4.61. The number of thiophene rings is 1. The molecule has 136 valence electrons. The Morgan fingerprint density at radius 1 is 1.31 bits per heavy atom. The number of carbonyl (C=O) groups is 2. The normalized spacial score (nSPS) is 21.2. The summed E-state index contributed by atoms with van der Waals surface area (Å²) < 4.78 is 0. The standard InChI is InChI=1S/C21H24N2O2S/c1-13-10-16(13)11-20(24)22-18-5-3-4-17(14(18)2)21(25)23-8-6-19-15(12-23)7-9-26-19/h3-5,7,9,13,16H,6,8,10-12H2,1-2H3,(H,22,24). The maximum Gasteiger partial charge on any atom is 0.254 e. The summed E-state index contributed by atoms with van der Waals surface area (Å²) in [5, 5.41) is 5.10. The molecule has 1 aliphatic carbocycles. The van der Waals surface area contributed by atoms with Crippen LogP contribution in [0.3, 0.4) is 0 Å². The Hall–Kier alpha value is -2.14. The Kier molecular flexibility index (Phi) is 4.57. The molecule has 2 unspecified atom stereocenters. The van der Waals surface area contributed by atoms with E-state index in [1.54, 1.807) is 11.3 Å². The number of rotatable bonds is 4. The van der Waals surface area contributed by atoms with Crippen molar-refractivity contribution in [3.8, 4) is 0 Å². The first-order chi connectivity index (χ1) is 12.5. The van der Waals surface area contributed by atoms with Crippen molar-refractivity contribution in [2.75, 3.05) is 11.9 Å². The van der Waals surface area contributed by atoms with Gasteiger partial charge in [-0.1, -0.05) is 13.0 Å². The van der Waals surface area contributed by atoms with E-state index in [4.69, 9.17) is 0 Å². The van der Waals surface area contributed by atoms with Crippen LogP contribution in [0, 0.1) is 18.8 Å². The molecule has 2 amide bonds. The van der Waals surface area contributed by atoms with E-state index in [1.165, 1.54) is 10.4 Å². The molecule has 0 bridgehead atoms. The lowest BCUT2D eigenvalue weighted by Gasteiger charge is -2.28. The summed E-state index contributed by atoms with van der Waals surface area (Å²) in [6.07, 6.45) is 2.64. The summed E-state index contributed by atoms with van der Waals surface area (Å²) in [5.41, 5.74) is 3.55. The molecule has 1 fully saturated rings. The summed E-state index contributed by atoms with van der Waals surface area (Å²) in [4.78, 5) is 28.6. The molecule has 4 nitrogen and oxygen atoms in total. The zero-order valence-corrected chi connectivity index (χ0v) is 16.1. The number of carbonyl (C=O) groups excluding carboxylic acids is 2. The van der Waals surface area contributed by atoms with Crippen LogP contribution in [0.2, 0.25) is 0 Å². The van der Waals surface area contributed by atoms with Crippen molar-refractivity contribution in [3.63, 3.8) is 0 Å². The van der Waals surface area contributed by atoms with Crippen molar-refractivity contribution in [1.82, 2.24) is 4.90 Å². The van der Waals surface area contributed by atoms with E-state index in [-0.39, 0.29) is 11.8 Å². The van der Waals surface area contributed by atoms with Gasteiger partial charge in [-0.25, -0.2) is 0 Å². The molecule has 1 aliphatic heterocycles. The number of nitrogens with one attached hydrogen (secondary N) is 1. The molecule has 1 aromatic carbocycles. The van der Waals surface area contributed by atoms with E-state index in [0.717, 1.165) is 30.6 Å². The topological polar surface area (TPSA) is 49.4 Å². The first-order valence-corrected chi connectivity index (χ1v) is 10.1. The van der Waals surface area contributed by atoms with Crippen LogP contribution in [0.1, 0.15) is 46.1 Å². The quantitative estimate of drug-likeness (QED) is 0.877. The van der Waals surface area contributed by atoms with E-state index in [2.05, 4.69) is 23.7 Å². The summed E-state index contributed by atoms with van der Waals surface area (Å²) in [5.74, 6) is 1.28. The fraction of sp³-hybridized carbons (Fsp3) is 0.429. The molecule has 0 radical (unpaired) electrons. The molecular formula is C21H24N2O2S. The second-order valence-electron chi connectivity index (χ2n) is 7.55. The van der Waals surface area contributed by atoms with E-state index in [0.29, 0.717) is 30.4 Å². The lowest BCUT2D eigenvalue weighted by Crippen LogP contribution is -2.35. The highest BCUT2D eigenvalue weighted by atomic mass is 32.1. The Morgan fingerprint density at radius 2 is 2.12 bits per heavy atom. The average Bonchev–Trinajstić information content (AvgIpc) is 3.12. The van der Waals surface area contributed by atoms with Crippen molar-refractivity contribution in [2.24, 2.45) is 11.8 Å². The van der Waals surface area contributed by atoms with Crippen LogP contribution in [0.15, 0.2) is 29.6 Å². The highest BCUT2D eigenvalue weighted by Gasteiger charge is 2.34. The summed E-state index contributed by atoms with van der Waals surface area (Å²) in [7, 11) is 0. The van der Waals surface area contributed by atoms with Crippen LogP contribution >= 0.6 is 11.3 Å². The molecule has 0 spiro atoms. The molecule has 0 saturated heterocycles. The smallest absolute Gasteiger partial charge is 0.254 e. The van der Waals surface area contributed by atoms with Gasteiger partial charge < -0.3 is 10.2 Å². The summed E-state index contributed by atoms with van der Waals surface area (Å²) in [6.45, 7) is 5.53. The van der Waals surface area contributed by atoms with Crippen molar-refractivity contribution in [1.29, 1.82) is 0 Å². The Morgan fingerprint density at radius 3 is 2.88 bits per heavy atom. The number of amides is 2. The molecule has 1 N–H and O–H groups in total. The molecule has 1 saturated carbocycles. The third-order valence-corrected chi connectivity index (χ3v) is 6.68. The molecular weight excluding hydrogens is 344 g/mol. The van der Waals surface area contributed by atoms with Gasteiger partial charge >= 0.3 is 0 Å². The monoisotopic (exact) mass is 368 g/mol. The first-order valence-electron chi connectivity index (χ1n) is 9.27. The van der Waals surface area contributed by atoms with Gasteiger partial charge in [0.2, 0.25) is 5.91 Å². The van der Waals surface area contributed by atoms with E-state index in [1.807, 2.05) is 30.0 Å². The molecule has 1 aromatic heterocycles. The highest BCUT2D eigenvalue weighted by Crippen LogP contribution is 2.40. The second kappa shape index (κ2) is 6.88. The Bertz CT molecular complexity index is 857. The molecule has 5 heteroatoms. The van der Waals surface area contributed by atoms with Crippen molar-refractivity contribution in [3.05, 3.63) is 51.2 Å². The van der Waals surface area contributed by atoms with Gasteiger partial charge in [-0.2, -0.15) is 0 Å². The third-order valence-electron chi connectivity index (χ3n) is 5.66. The number of benzene rings is 1. The number of fused-ring (bicyclic) bond motifs is 1. The highest BCUT2D eigenvalue weighted by molar-refractivity contribution is 7.10. The SMILES string of the molecule is Cc1c(NC(=O)CC2CC2C)cccc1C(=O)N1CCc2sccc2C1. The number of hydrogen-bond donors (Lipinski definition) is 1.